The summed E-state index contributed by atoms with van der Waals surface area (Å²) in [5, 5.41) is 13.7. The highest BCUT2D eigenvalue weighted by molar-refractivity contribution is 5.87. The van der Waals surface area contributed by atoms with E-state index in [2.05, 4.69) is 10.6 Å². The quantitative estimate of drug-likeness (QED) is 0.522. The Morgan fingerprint density at radius 1 is 1.29 bits per heavy atom. The van der Waals surface area contributed by atoms with Gasteiger partial charge in [0.25, 0.3) is 0 Å². The van der Waals surface area contributed by atoms with Gasteiger partial charge in [0.1, 0.15) is 6.04 Å². The summed E-state index contributed by atoms with van der Waals surface area (Å²) in [6.07, 6.45) is 3.53. The van der Waals surface area contributed by atoms with Crippen molar-refractivity contribution in [3.05, 3.63) is 0 Å². The third kappa shape index (κ3) is 4.71. The van der Waals surface area contributed by atoms with Gasteiger partial charge < -0.3 is 21.5 Å². The lowest BCUT2D eigenvalue weighted by Crippen LogP contribution is -2.49. The van der Waals surface area contributed by atoms with Gasteiger partial charge in [-0.25, -0.2) is 9.59 Å². The molecule has 7 nitrogen and oxygen atoms in total. The summed E-state index contributed by atoms with van der Waals surface area (Å²) in [6.45, 7) is 0. The van der Waals surface area contributed by atoms with Crippen LogP contribution in [0.3, 0.4) is 0 Å². The minimum Gasteiger partial charge on any atom is -0.480 e. The van der Waals surface area contributed by atoms with Crippen LogP contribution in [-0.4, -0.2) is 35.1 Å². The third-order valence-corrected chi connectivity index (χ3v) is 2.70. The van der Waals surface area contributed by atoms with Crippen molar-refractivity contribution in [2.24, 2.45) is 5.73 Å². The molecule has 1 aliphatic carbocycles. The first-order valence-electron chi connectivity index (χ1n) is 5.57. The lowest BCUT2D eigenvalue weighted by Gasteiger charge is -2.16. The van der Waals surface area contributed by atoms with Gasteiger partial charge in [0.15, 0.2) is 0 Å². The summed E-state index contributed by atoms with van der Waals surface area (Å²) >= 11 is 0. The Morgan fingerprint density at radius 3 is 2.35 bits per heavy atom. The molecule has 0 saturated heterocycles. The molecular weight excluding hydrogens is 226 g/mol. The molecule has 0 bridgehead atoms. The number of rotatable bonds is 5. The number of aliphatic carboxylic acids is 1. The molecule has 3 amide bonds. The average molecular weight is 243 g/mol. The summed E-state index contributed by atoms with van der Waals surface area (Å²) in [7, 11) is 0. The van der Waals surface area contributed by atoms with Crippen LogP contribution >= 0.6 is 0 Å². The second kappa shape index (κ2) is 6.07. The topological polar surface area (TPSA) is 122 Å². The number of nitrogens with one attached hydrogen (secondary N) is 2. The first-order chi connectivity index (χ1) is 7.99. The number of hydrogen-bond acceptors (Lipinski definition) is 3. The van der Waals surface area contributed by atoms with E-state index >= 15 is 0 Å². The lowest BCUT2D eigenvalue weighted by molar-refractivity contribution is -0.140. The van der Waals surface area contributed by atoms with E-state index in [1.807, 2.05) is 0 Å². The number of carbonyl (C=O) groups excluding carboxylic acids is 2. The molecule has 5 N–H and O–H groups in total. The highest BCUT2D eigenvalue weighted by Gasteiger charge is 2.24. The van der Waals surface area contributed by atoms with Crippen molar-refractivity contribution in [3.63, 3.8) is 0 Å². The highest BCUT2D eigenvalue weighted by Crippen LogP contribution is 2.17. The molecule has 0 aromatic heterocycles. The summed E-state index contributed by atoms with van der Waals surface area (Å²) in [6, 6.07) is -1.74. The van der Waals surface area contributed by atoms with Crippen LogP contribution in [0.1, 0.15) is 32.1 Å². The van der Waals surface area contributed by atoms with E-state index in [1.165, 1.54) is 0 Å². The van der Waals surface area contributed by atoms with Crippen LogP contribution in [-0.2, 0) is 9.59 Å². The monoisotopic (exact) mass is 243 g/mol. The molecule has 1 saturated carbocycles. The summed E-state index contributed by atoms with van der Waals surface area (Å²) in [5.41, 5.74) is 4.90. The maximum absolute atomic E-state index is 11.5. The van der Waals surface area contributed by atoms with E-state index in [0.29, 0.717) is 0 Å². The van der Waals surface area contributed by atoms with Gasteiger partial charge in [0.2, 0.25) is 5.91 Å². The number of nitrogens with two attached hydrogens (primary N) is 1. The Labute approximate surface area is 98.7 Å². The number of urea groups is 1. The SMILES string of the molecule is NC(=O)C[C@@H](NC(=O)NC1CCCC1)C(=O)O. The molecule has 17 heavy (non-hydrogen) atoms. The Morgan fingerprint density at radius 2 is 1.88 bits per heavy atom. The zero-order valence-electron chi connectivity index (χ0n) is 9.44. The number of amides is 3. The van der Waals surface area contributed by atoms with Crippen molar-refractivity contribution in [3.8, 4) is 0 Å². The van der Waals surface area contributed by atoms with E-state index in [-0.39, 0.29) is 6.04 Å². The van der Waals surface area contributed by atoms with Crippen LogP contribution in [0.25, 0.3) is 0 Å². The molecule has 0 radical (unpaired) electrons. The first-order valence-corrected chi connectivity index (χ1v) is 5.57. The van der Waals surface area contributed by atoms with Gasteiger partial charge in [0.05, 0.1) is 6.42 Å². The zero-order valence-corrected chi connectivity index (χ0v) is 9.44. The van der Waals surface area contributed by atoms with E-state index in [4.69, 9.17) is 10.8 Å². The molecule has 1 fully saturated rings. The van der Waals surface area contributed by atoms with Gasteiger partial charge in [-0.3, -0.25) is 4.79 Å². The largest absolute Gasteiger partial charge is 0.480 e. The smallest absolute Gasteiger partial charge is 0.326 e. The Kier molecular flexibility index (Phi) is 4.74. The van der Waals surface area contributed by atoms with E-state index in [1.54, 1.807) is 0 Å². The van der Waals surface area contributed by atoms with Gasteiger partial charge in [-0.15, -0.1) is 0 Å². The fourth-order valence-corrected chi connectivity index (χ4v) is 1.86. The Hall–Kier alpha value is -1.79. The van der Waals surface area contributed by atoms with Crippen molar-refractivity contribution < 1.29 is 19.5 Å². The van der Waals surface area contributed by atoms with Crippen LogP contribution in [0.5, 0.6) is 0 Å². The molecule has 0 aromatic rings. The van der Waals surface area contributed by atoms with Crippen molar-refractivity contribution in [1.82, 2.24) is 10.6 Å². The maximum atomic E-state index is 11.5. The van der Waals surface area contributed by atoms with Crippen LogP contribution in [0.15, 0.2) is 0 Å². The minimum atomic E-state index is -1.27. The van der Waals surface area contributed by atoms with Gasteiger partial charge >= 0.3 is 12.0 Å². The molecule has 96 valence electrons. The second-order valence-electron chi connectivity index (χ2n) is 4.16. The van der Waals surface area contributed by atoms with E-state index in [9.17, 15) is 14.4 Å². The summed E-state index contributed by atoms with van der Waals surface area (Å²) in [5.74, 6) is -2.04. The summed E-state index contributed by atoms with van der Waals surface area (Å²) in [4.78, 5) is 32.8. The highest BCUT2D eigenvalue weighted by atomic mass is 16.4. The molecule has 0 aromatic carbocycles. The van der Waals surface area contributed by atoms with E-state index < -0.39 is 30.4 Å². The maximum Gasteiger partial charge on any atom is 0.326 e. The number of primary amides is 1. The first kappa shape index (κ1) is 13.3. The number of carboxylic acid groups (broad SMARTS) is 1. The van der Waals surface area contributed by atoms with Crippen LogP contribution < -0.4 is 16.4 Å². The molecule has 1 rings (SSSR count). The molecule has 0 unspecified atom stereocenters. The van der Waals surface area contributed by atoms with Gasteiger partial charge in [-0.2, -0.15) is 0 Å². The standard InChI is InChI=1S/C10H17N3O4/c11-8(14)5-7(9(15)16)13-10(17)12-6-3-1-2-4-6/h6-7H,1-5H2,(H2,11,14)(H,15,16)(H2,12,13,17)/t7-/m1/s1. The van der Waals surface area contributed by atoms with Crippen molar-refractivity contribution in [1.29, 1.82) is 0 Å². The number of carbonyl (C=O) groups is 3. The molecule has 0 heterocycles. The molecule has 1 aliphatic rings. The number of hydrogen-bond donors (Lipinski definition) is 4. The molecule has 0 spiro atoms. The molecule has 0 aliphatic heterocycles. The molecular formula is C10H17N3O4. The predicted octanol–water partition coefficient (Wildman–Crippen LogP) is -0.443. The van der Waals surface area contributed by atoms with Crippen molar-refractivity contribution in [2.45, 2.75) is 44.2 Å². The zero-order chi connectivity index (χ0) is 12.8. The molecule has 1 atom stereocenters. The van der Waals surface area contributed by atoms with Crippen LogP contribution in [0.4, 0.5) is 4.79 Å². The lowest BCUT2D eigenvalue weighted by atomic mass is 10.2. The second-order valence-corrected chi connectivity index (χ2v) is 4.16. The van der Waals surface area contributed by atoms with Crippen molar-refractivity contribution >= 4 is 17.9 Å². The normalized spacial score (nSPS) is 17.4. The Balaban J connectivity index is 2.40. The van der Waals surface area contributed by atoms with Gasteiger partial charge in [-0.1, -0.05) is 12.8 Å². The third-order valence-electron chi connectivity index (χ3n) is 2.70. The Bertz CT molecular complexity index is 313. The fourth-order valence-electron chi connectivity index (χ4n) is 1.86. The van der Waals surface area contributed by atoms with Gasteiger partial charge in [-0.05, 0) is 12.8 Å². The van der Waals surface area contributed by atoms with Crippen LogP contribution in [0, 0.1) is 0 Å². The number of carboxylic acids is 1. The average Bonchev–Trinajstić information content (AvgIpc) is 2.68. The fraction of sp³-hybridized carbons (Fsp3) is 0.700. The summed E-state index contributed by atoms with van der Waals surface area (Å²) < 4.78 is 0. The minimum absolute atomic E-state index is 0.0954. The van der Waals surface area contributed by atoms with Crippen molar-refractivity contribution in [2.75, 3.05) is 0 Å². The van der Waals surface area contributed by atoms with Gasteiger partial charge in [0, 0.05) is 6.04 Å². The molecule has 7 heteroatoms. The predicted molar refractivity (Wildman–Crippen MR) is 59.2 cm³/mol. The van der Waals surface area contributed by atoms with Crippen LogP contribution in [0.2, 0.25) is 0 Å². The van der Waals surface area contributed by atoms with E-state index in [0.717, 1.165) is 25.7 Å².